The van der Waals surface area contributed by atoms with Gasteiger partial charge in [0.2, 0.25) is 0 Å². The van der Waals surface area contributed by atoms with Crippen LogP contribution in [0.15, 0.2) is 30.5 Å². The molecule has 0 amide bonds. The second-order valence-corrected chi connectivity index (χ2v) is 4.98. The summed E-state index contributed by atoms with van der Waals surface area (Å²) in [5.41, 5.74) is 7.70. The molecule has 0 aliphatic rings. The van der Waals surface area contributed by atoms with Crippen LogP contribution in [0.4, 0.5) is 5.69 Å². The lowest BCUT2D eigenvalue weighted by molar-refractivity contribution is -0.176. The van der Waals surface area contributed by atoms with Crippen molar-refractivity contribution in [2.24, 2.45) is 0 Å². The van der Waals surface area contributed by atoms with Gasteiger partial charge < -0.3 is 20.1 Å². The lowest BCUT2D eigenvalue weighted by Crippen LogP contribution is -2.24. The molecule has 1 heterocycles. The van der Waals surface area contributed by atoms with E-state index in [2.05, 4.69) is 10.6 Å². The summed E-state index contributed by atoms with van der Waals surface area (Å²) < 4.78 is 7.45. The number of rotatable bonds is 5. The number of fused-ring (bicyclic) bond motifs is 1. The van der Waals surface area contributed by atoms with Gasteiger partial charge in [-0.05, 0) is 44.5 Å². The van der Waals surface area contributed by atoms with Crippen molar-refractivity contribution in [1.29, 1.82) is 0 Å². The summed E-state index contributed by atoms with van der Waals surface area (Å²) in [7, 11) is 0. The van der Waals surface area contributed by atoms with Crippen molar-refractivity contribution in [1.82, 2.24) is 4.57 Å². The van der Waals surface area contributed by atoms with Crippen LogP contribution in [-0.2, 0) is 11.3 Å². The van der Waals surface area contributed by atoms with Crippen LogP contribution in [0.25, 0.3) is 10.9 Å². The van der Waals surface area contributed by atoms with E-state index in [1.54, 1.807) is 13.8 Å². The molecule has 0 atom stereocenters. The number of nitrogens with zero attached hydrogens (tertiary/aromatic N) is 1. The smallest absolute Gasteiger partial charge is 0.159 e. The first-order valence-corrected chi connectivity index (χ1v) is 6.16. The molecule has 0 unspecified atom stereocenters. The molecule has 18 heavy (non-hydrogen) atoms. The third-order valence-electron chi connectivity index (χ3n) is 2.79. The fourth-order valence-electron chi connectivity index (χ4n) is 1.97. The number of aryl methyl sites for hydroxylation is 1. The first-order valence-electron chi connectivity index (χ1n) is 6.16. The van der Waals surface area contributed by atoms with Gasteiger partial charge in [-0.3, -0.25) is 0 Å². The third kappa shape index (κ3) is 3.24. The standard InChI is InChI=1S/C14H20N2O2/c1-14(2,17)18-9-3-7-16-8-6-11-10-12(15)4-5-13(11)16/h4-6,8,10,17H,3,7,9,15H2,1-2H3. The van der Waals surface area contributed by atoms with Crippen molar-refractivity contribution >= 4 is 16.6 Å². The number of anilines is 1. The van der Waals surface area contributed by atoms with Crippen molar-refractivity contribution in [3.8, 4) is 0 Å². The Kier molecular flexibility index (Phi) is 3.59. The highest BCUT2D eigenvalue weighted by Crippen LogP contribution is 2.19. The van der Waals surface area contributed by atoms with Crippen molar-refractivity contribution in [3.63, 3.8) is 0 Å². The molecule has 0 aliphatic carbocycles. The van der Waals surface area contributed by atoms with Crippen LogP contribution in [0.3, 0.4) is 0 Å². The molecular weight excluding hydrogens is 228 g/mol. The fraction of sp³-hybridized carbons (Fsp3) is 0.429. The minimum absolute atomic E-state index is 0.540. The zero-order valence-corrected chi connectivity index (χ0v) is 10.9. The average Bonchev–Trinajstić information content (AvgIpc) is 2.65. The number of nitrogens with two attached hydrogens (primary N) is 1. The molecule has 0 saturated heterocycles. The van der Waals surface area contributed by atoms with Gasteiger partial charge in [-0.15, -0.1) is 0 Å². The summed E-state index contributed by atoms with van der Waals surface area (Å²) in [6.07, 6.45) is 2.91. The Hall–Kier alpha value is -1.52. The molecule has 0 saturated carbocycles. The predicted molar refractivity (Wildman–Crippen MR) is 73.2 cm³/mol. The molecule has 4 nitrogen and oxygen atoms in total. The van der Waals surface area contributed by atoms with E-state index in [9.17, 15) is 5.11 Å². The van der Waals surface area contributed by atoms with Gasteiger partial charge >= 0.3 is 0 Å². The van der Waals surface area contributed by atoms with E-state index in [1.807, 2.05) is 24.4 Å². The minimum atomic E-state index is -1.05. The molecule has 1 aromatic carbocycles. The van der Waals surface area contributed by atoms with E-state index in [4.69, 9.17) is 10.5 Å². The van der Waals surface area contributed by atoms with Gasteiger partial charge in [-0.25, -0.2) is 0 Å². The zero-order chi connectivity index (χ0) is 13.2. The van der Waals surface area contributed by atoms with Gasteiger partial charge in [0.05, 0.1) is 6.61 Å². The maximum absolute atomic E-state index is 9.43. The van der Waals surface area contributed by atoms with Crippen molar-refractivity contribution in [3.05, 3.63) is 30.5 Å². The van der Waals surface area contributed by atoms with Crippen molar-refractivity contribution in [2.75, 3.05) is 12.3 Å². The Labute approximate surface area is 107 Å². The zero-order valence-electron chi connectivity index (χ0n) is 10.9. The first kappa shape index (κ1) is 12.9. The number of hydrogen-bond acceptors (Lipinski definition) is 3. The molecule has 98 valence electrons. The second-order valence-electron chi connectivity index (χ2n) is 4.98. The monoisotopic (exact) mass is 248 g/mol. The lowest BCUT2D eigenvalue weighted by atomic mass is 10.2. The van der Waals surface area contributed by atoms with Crippen molar-refractivity contribution < 1.29 is 9.84 Å². The maximum atomic E-state index is 9.43. The topological polar surface area (TPSA) is 60.4 Å². The van der Waals surface area contributed by atoms with E-state index >= 15 is 0 Å². The van der Waals surface area contributed by atoms with Crippen LogP contribution in [0.1, 0.15) is 20.3 Å². The number of hydrogen-bond donors (Lipinski definition) is 2. The normalized spacial score (nSPS) is 12.2. The fourth-order valence-corrected chi connectivity index (χ4v) is 1.97. The van der Waals surface area contributed by atoms with Crippen LogP contribution >= 0.6 is 0 Å². The molecule has 2 rings (SSSR count). The highest BCUT2D eigenvalue weighted by Gasteiger charge is 2.11. The van der Waals surface area contributed by atoms with Gasteiger partial charge in [0.25, 0.3) is 0 Å². The van der Waals surface area contributed by atoms with Gasteiger partial charge in [-0.2, -0.15) is 0 Å². The van der Waals surface area contributed by atoms with Gasteiger partial charge in [0, 0.05) is 29.3 Å². The van der Waals surface area contributed by atoms with Gasteiger partial charge in [0.15, 0.2) is 5.79 Å². The molecule has 1 aromatic heterocycles. The quantitative estimate of drug-likeness (QED) is 0.485. The molecule has 0 fully saturated rings. The van der Waals surface area contributed by atoms with E-state index in [-0.39, 0.29) is 0 Å². The van der Waals surface area contributed by atoms with Crippen LogP contribution in [0.2, 0.25) is 0 Å². The molecule has 0 radical (unpaired) electrons. The van der Waals surface area contributed by atoms with Crippen LogP contribution < -0.4 is 5.73 Å². The number of nitrogen functional groups attached to an aromatic ring is 1. The average molecular weight is 248 g/mol. The predicted octanol–water partition coefficient (Wildman–Crippen LogP) is 2.36. The molecule has 0 bridgehead atoms. The Morgan fingerprint density at radius 1 is 1.33 bits per heavy atom. The number of benzene rings is 1. The first-order chi connectivity index (χ1) is 8.46. The molecule has 3 N–H and O–H groups in total. The Morgan fingerprint density at radius 3 is 2.83 bits per heavy atom. The summed E-state index contributed by atoms with van der Waals surface area (Å²) >= 11 is 0. The number of aromatic nitrogens is 1. The summed E-state index contributed by atoms with van der Waals surface area (Å²) in [5, 5.41) is 10.6. The number of aliphatic hydroxyl groups is 1. The van der Waals surface area contributed by atoms with Crippen LogP contribution in [-0.4, -0.2) is 22.1 Å². The molecule has 4 heteroatoms. The summed E-state index contributed by atoms with van der Waals surface area (Å²) in [6.45, 7) is 4.68. The van der Waals surface area contributed by atoms with Gasteiger partial charge in [-0.1, -0.05) is 0 Å². The Balaban J connectivity index is 1.96. The SMILES string of the molecule is CC(C)(O)OCCCn1ccc2cc(N)ccc21. The highest BCUT2D eigenvalue weighted by atomic mass is 16.6. The van der Waals surface area contributed by atoms with Crippen LogP contribution in [0.5, 0.6) is 0 Å². The minimum Gasteiger partial charge on any atom is -0.399 e. The summed E-state index contributed by atoms with van der Waals surface area (Å²) in [4.78, 5) is 0. The maximum Gasteiger partial charge on any atom is 0.159 e. The van der Waals surface area contributed by atoms with E-state index in [1.165, 1.54) is 5.52 Å². The van der Waals surface area contributed by atoms with E-state index < -0.39 is 5.79 Å². The summed E-state index contributed by atoms with van der Waals surface area (Å²) in [6, 6.07) is 7.97. The highest BCUT2D eigenvalue weighted by molar-refractivity contribution is 5.83. The number of ether oxygens (including phenoxy) is 1. The lowest BCUT2D eigenvalue weighted by Gasteiger charge is -2.18. The van der Waals surface area contributed by atoms with Crippen LogP contribution in [0, 0.1) is 0 Å². The third-order valence-corrected chi connectivity index (χ3v) is 2.79. The molecule has 2 aromatic rings. The van der Waals surface area contributed by atoms with Crippen molar-refractivity contribution in [2.45, 2.75) is 32.6 Å². The second kappa shape index (κ2) is 5.00. The summed E-state index contributed by atoms with van der Waals surface area (Å²) in [5.74, 6) is -1.05. The van der Waals surface area contributed by atoms with E-state index in [0.29, 0.717) is 6.61 Å². The Morgan fingerprint density at radius 2 is 2.11 bits per heavy atom. The largest absolute Gasteiger partial charge is 0.399 e. The molecule has 0 aliphatic heterocycles. The van der Waals surface area contributed by atoms with E-state index in [0.717, 1.165) is 24.0 Å². The Bertz CT molecular complexity index is 526. The molecular formula is C14H20N2O2. The van der Waals surface area contributed by atoms with Gasteiger partial charge in [0.1, 0.15) is 0 Å². The molecule has 0 spiro atoms.